The van der Waals surface area contributed by atoms with Crippen LogP contribution in [-0.4, -0.2) is 37.7 Å². The molecule has 2 N–H and O–H groups in total. The molecule has 0 spiro atoms. The van der Waals surface area contributed by atoms with E-state index in [1.165, 1.54) is 0 Å². The molecular formula is C15H24ClN3O2. The van der Waals surface area contributed by atoms with E-state index in [9.17, 15) is 4.79 Å². The Morgan fingerprint density at radius 2 is 2.14 bits per heavy atom. The van der Waals surface area contributed by atoms with Crippen molar-refractivity contribution in [1.82, 2.24) is 10.3 Å². The van der Waals surface area contributed by atoms with E-state index in [0.717, 1.165) is 13.0 Å². The fourth-order valence-electron chi connectivity index (χ4n) is 1.75. The van der Waals surface area contributed by atoms with Gasteiger partial charge in [-0.25, -0.2) is 4.98 Å². The molecule has 6 heteroatoms. The number of ether oxygens (including phenoxy) is 1. The summed E-state index contributed by atoms with van der Waals surface area (Å²) in [6, 6.07) is 3.43. The van der Waals surface area contributed by atoms with Crippen LogP contribution in [0.5, 0.6) is 0 Å². The molecule has 1 amide bonds. The Hall–Kier alpha value is -1.33. The summed E-state index contributed by atoms with van der Waals surface area (Å²) in [6.07, 6.45) is 0.863. The summed E-state index contributed by atoms with van der Waals surface area (Å²) in [7, 11) is 1.67. The van der Waals surface area contributed by atoms with Gasteiger partial charge in [-0.3, -0.25) is 4.79 Å². The highest BCUT2D eigenvalue weighted by molar-refractivity contribution is 6.33. The number of amides is 1. The number of carbonyl (C=O) groups excluding carboxylic acids is 1. The number of aromatic nitrogens is 1. The molecule has 0 atom stereocenters. The Kier molecular flexibility index (Phi) is 6.92. The number of hydrogen-bond acceptors (Lipinski definition) is 4. The van der Waals surface area contributed by atoms with E-state index in [2.05, 4.69) is 29.5 Å². The molecule has 1 aromatic heterocycles. The van der Waals surface area contributed by atoms with Gasteiger partial charge in [-0.05, 0) is 30.9 Å². The zero-order valence-corrected chi connectivity index (χ0v) is 13.9. The van der Waals surface area contributed by atoms with Gasteiger partial charge in [0.05, 0.1) is 5.02 Å². The van der Waals surface area contributed by atoms with Crippen LogP contribution in [0.15, 0.2) is 12.1 Å². The Morgan fingerprint density at radius 3 is 2.76 bits per heavy atom. The van der Waals surface area contributed by atoms with E-state index in [1.807, 2.05) is 6.92 Å². The molecule has 0 saturated carbocycles. The fraction of sp³-hybridized carbons (Fsp3) is 0.600. The minimum absolute atomic E-state index is 0.0442. The molecule has 0 bridgehead atoms. The molecule has 1 aromatic rings. The highest BCUT2D eigenvalue weighted by atomic mass is 35.5. The van der Waals surface area contributed by atoms with Crippen molar-refractivity contribution in [3.63, 3.8) is 0 Å². The number of nitrogens with one attached hydrogen (secondary N) is 2. The number of anilines is 1. The predicted molar refractivity (Wildman–Crippen MR) is 86.0 cm³/mol. The van der Waals surface area contributed by atoms with Crippen LogP contribution in [0.4, 0.5) is 5.82 Å². The summed E-state index contributed by atoms with van der Waals surface area (Å²) in [5, 5.41) is 6.30. The normalized spacial score (nSPS) is 11.3. The Morgan fingerprint density at radius 1 is 1.43 bits per heavy atom. The molecule has 0 aromatic carbocycles. The molecule has 0 fully saturated rings. The van der Waals surface area contributed by atoms with Gasteiger partial charge in [0, 0.05) is 26.8 Å². The maximum Gasteiger partial charge on any atom is 0.271 e. The second kappa shape index (κ2) is 8.20. The summed E-state index contributed by atoms with van der Waals surface area (Å²) < 4.78 is 5.08. The summed E-state index contributed by atoms with van der Waals surface area (Å²) in [6.45, 7) is 8.07. The van der Waals surface area contributed by atoms with E-state index in [4.69, 9.17) is 16.3 Å². The molecule has 1 heterocycles. The van der Waals surface area contributed by atoms with Crippen LogP contribution in [0, 0.1) is 5.41 Å². The van der Waals surface area contributed by atoms with Crippen LogP contribution < -0.4 is 10.6 Å². The van der Waals surface area contributed by atoms with E-state index in [1.54, 1.807) is 19.2 Å². The lowest BCUT2D eigenvalue weighted by Gasteiger charge is -2.24. The van der Waals surface area contributed by atoms with Crippen molar-refractivity contribution in [2.45, 2.75) is 27.2 Å². The topological polar surface area (TPSA) is 63.2 Å². The second-order valence-electron chi connectivity index (χ2n) is 5.65. The number of rotatable bonds is 8. The number of pyridine rings is 1. The smallest absolute Gasteiger partial charge is 0.271 e. The maximum atomic E-state index is 12.2. The minimum atomic E-state index is -0.259. The van der Waals surface area contributed by atoms with Crippen molar-refractivity contribution in [3.05, 3.63) is 22.8 Å². The molecule has 0 radical (unpaired) electrons. The average molecular weight is 314 g/mol. The van der Waals surface area contributed by atoms with Gasteiger partial charge in [0.2, 0.25) is 0 Å². The van der Waals surface area contributed by atoms with Crippen molar-refractivity contribution in [2.75, 3.05) is 32.1 Å². The van der Waals surface area contributed by atoms with Gasteiger partial charge >= 0.3 is 0 Å². The van der Waals surface area contributed by atoms with Gasteiger partial charge in [-0.2, -0.15) is 0 Å². The van der Waals surface area contributed by atoms with E-state index in [-0.39, 0.29) is 17.0 Å². The number of hydrogen-bond donors (Lipinski definition) is 2. The lowest BCUT2D eigenvalue weighted by molar-refractivity contribution is 0.0916. The molecule has 1 rings (SSSR count). The van der Waals surface area contributed by atoms with E-state index < -0.39 is 0 Å². The van der Waals surface area contributed by atoms with Gasteiger partial charge in [-0.1, -0.05) is 25.4 Å². The SMILES string of the molecule is CCNc1ccc(Cl)c(C(=O)NCC(C)(C)CCOC)n1. The standard InChI is InChI=1S/C15H24ClN3O2/c1-5-17-12-7-6-11(16)13(19-12)14(20)18-10-15(2,3)8-9-21-4/h6-7H,5,8-10H2,1-4H3,(H,17,19)(H,18,20). The molecule has 5 nitrogen and oxygen atoms in total. The van der Waals surface area contributed by atoms with Gasteiger partial charge < -0.3 is 15.4 Å². The van der Waals surface area contributed by atoms with Gasteiger partial charge in [0.25, 0.3) is 5.91 Å². The summed E-state index contributed by atoms with van der Waals surface area (Å²) in [5.41, 5.74) is 0.204. The first-order valence-electron chi connectivity index (χ1n) is 7.07. The van der Waals surface area contributed by atoms with Crippen LogP contribution in [0.2, 0.25) is 5.02 Å². The van der Waals surface area contributed by atoms with Crippen LogP contribution in [0.25, 0.3) is 0 Å². The lowest BCUT2D eigenvalue weighted by atomic mass is 9.89. The largest absolute Gasteiger partial charge is 0.385 e. The molecule has 0 aliphatic heterocycles. The summed E-state index contributed by atoms with van der Waals surface area (Å²) in [5.74, 6) is 0.385. The predicted octanol–water partition coefficient (Wildman–Crippen LogP) is 2.96. The molecule has 0 aliphatic carbocycles. The highest BCUT2D eigenvalue weighted by Gasteiger charge is 2.20. The average Bonchev–Trinajstić information content (AvgIpc) is 2.45. The third-order valence-corrected chi connectivity index (χ3v) is 3.43. The summed E-state index contributed by atoms with van der Waals surface area (Å²) in [4.78, 5) is 16.5. The zero-order valence-electron chi connectivity index (χ0n) is 13.1. The van der Waals surface area contributed by atoms with Crippen LogP contribution in [0.3, 0.4) is 0 Å². The first-order chi connectivity index (χ1) is 9.89. The number of nitrogens with zero attached hydrogens (tertiary/aromatic N) is 1. The van der Waals surface area contributed by atoms with Crippen molar-refractivity contribution < 1.29 is 9.53 Å². The van der Waals surface area contributed by atoms with Crippen LogP contribution >= 0.6 is 11.6 Å². The van der Waals surface area contributed by atoms with Crippen molar-refractivity contribution >= 4 is 23.3 Å². The third-order valence-electron chi connectivity index (χ3n) is 3.13. The maximum absolute atomic E-state index is 12.2. The van der Waals surface area contributed by atoms with Gasteiger partial charge in [0.15, 0.2) is 0 Å². The monoisotopic (exact) mass is 313 g/mol. The molecule has 118 valence electrons. The van der Waals surface area contributed by atoms with Gasteiger partial charge in [-0.15, -0.1) is 0 Å². The first kappa shape index (κ1) is 17.7. The quantitative estimate of drug-likeness (QED) is 0.774. The minimum Gasteiger partial charge on any atom is -0.385 e. The lowest BCUT2D eigenvalue weighted by Crippen LogP contribution is -2.35. The van der Waals surface area contributed by atoms with Crippen LogP contribution in [0.1, 0.15) is 37.7 Å². The first-order valence-corrected chi connectivity index (χ1v) is 7.45. The molecule has 21 heavy (non-hydrogen) atoms. The van der Waals surface area contributed by atoms with E-state index >= 15 is 0 Å². The van der Waals surface area contributed by atoms with Crippen molar-refractivity contribution in [3.8, 4) is 0 Å². The second-order valence-corrected chi connectivity index (χ2v) is 6.05. The van der Waals surface area contributed by atoms with E-state index in [0.29, 0.717) is 24.0 Å². The Balaban J connectivity index is 2.69. The number of methoxy groups -OCH3 is 1. The van der Waals surface area contributed by atoms with Crippen molar-refractivity contribution in [1.29, 1.82) is 0 Å². The Labute approximate surface area is 131 Å². The highest BCUT2D eigenvalue weighted by Crippen LogP contribution is 2.20. The summed E-state index contributed by atoms with van der Waals surface area (Å²) >= 11 is 6.05. The number of halogens is 1. The zero-order chi connectivity index (χ0) is 15.9. The third kappa shape index (κ3) is 5.89. The van der Waals surface area contributed by atoms with Crippen LogP contribution in [-0.2, 0) is 4.74 Å². The molecular weight excluding hydrogens is 290 g/mol. The Bertz CT molecular complexity index is 478. The molecule has 0 saturated heterocycles. The molecule has 0 unspecified atom stereocenters. The fourth-order valence-corrected chi connectivity index (χ4v) is 1.94. The molecule has 0 aliphatic rings. The number of carbonyl (C=O) groups is 1. The van der Waals surface area contributed by atoms with Gasteiger partial charge in [0.1, 0.15) is 11.5 Å². The van der Waals surface area contributed by atoms with Crippen molar-refractivity contribution in [2.24, 2.45) is 5.41 Å².